The van der Waals surface area contributed by atoms with Gasteiger partial charge in [0, 0.05) is 0 Å². The van der Waals surface area contributed by atoms with Crippen LogP contribution in [0.1, 0.15) is 0 Å². The van der Waals surface area contributed by atoms with E-state index in [1.165, 1.54) is 0 Å². The van der Waals surface area contributed by atoms with E-state index in [1.54, 1.807) is 0 Å². The summed E-state index contributed by atoms with van der Waals surface area (Å²) in [6.07, 6.45) is 0. The zero-order valence-corrected chi connectivity index (χ0v) is 4.76. The van der Waals surface area contributed by atoms with Gasteiger partial charge in [-0.15, -0.1) is 13.2 Å². The van der Waals surface area contributed by atoms with Crippen molar-refractivity contribution in [1.29, 1.82) is 0 Å². The van der Waals surface area contributed by atoms with Crippen LogP contribution < -0.4 is 0 Å². The first-order valence-electron chi connectivity index (χ1n) is 1.03. The molecule has 0 atom stereocenters. The summed E-state index contributed by atoms with van der Waals surface area (Å²) < 4.78 is 22.8. The Hall–Kier alpha value is -0.330. The molecule has 0 aliphatic carbocycles. The van der Waals surface area contributed by atoms with E-state index in [9.17, 15) is 0 Å². The Morgan fingerprint density at radius 3 is 1.12 bits per heavy atom. The molecular formula is C2H8F2O3S. The van der Waals surface area contributed by atoms with Crippen molar-refractivity contribution in [2.24, 2.45) is 0 Å². The van der Waals surface area contributed by atoms with Gasteiger partial charge < -0.3 is 0 Å². The molecule has 0 aliphatic rings. The zero-order chi connectivity index (χ0) is 5.58. The second kappa shape index (κ2) is 30.1. The third-order valence-corrected chi connectivity index (χ3v) is 0. The van der Waals surface area contributed by atoms with Crippen LogP contribution in [-0.4, -0.2) is 13.3 Å². The fourth-order valence-corrected chi connectivity index (χ4v) is 0. The molecule has 0 unspecified atom stereocenters. The molecule has 0 saturated heterocycles. The molecule has 0 amide bonds. The quantitative estimate of drug-likeness (QED) is 0.396. The predicted molar refractivity (Wildman–Crippen MR) is 29.7 cm³/mol. The van der Waals surface area contributed by atoms with E-state index in [0.29, 0.717) is 0 Å². The van der Waals surface area contributed by atoms with Crippen molar-refractivity contribution in [2.45, 2.75) is 0 Å². The van der Waals surface area contributed by atoms with Crippen molar-refractivity contribution in [3.05, 3.63) is 13.2 Å². The van der Waals surface area contributed by atoms with Crippen LogP contribution in [0.2, 0.25) is 0 Å². The van der Waals surface area contributed by atoms with Gasteiger partial charge in [-0.05, 0) is 0 Å². The van der Waals surface area contributed by atoms with Crippen molar-refractivity contribution in [3.8, 4) is 0 Å². The summed E-state index contributed by atoms with van der Waals surface area (Å²) in [6, 6.07) is 0. The van der Waals surface area contributed by atoms with E-state index in [0.717, 1.165) is 0 Å². The molecule has 0 radical (unpaired) electrons. The first-order chi connectivity index (χ1) is 2.73. The number of hydrogen-bond acceptors (Lipinski definition) is 1. The summed E-state index contributed by atoms with van der Waals surface area (Å²) in [7, 11) is 0. The monoisotopic (exact) mass is 150 g/mol. The largest absolute Gasteiger partial charge is 0.299 e. The summed E-state index contributed by atoms with van der Waals surface area (Å²) in [4.78, 5) is 0. The van der Waals surface area contributed by atoms with Gasteiger partial charge in [0.05, 0.1) is 0 Å². The van der Waals surface area contributed by atoms with Crippen LogP contribution in [-0.2, 0) is 11.4 Å². The van der Waals surface area contributed by atoms with Crippen molar-refractivity contribution >= 4 is 11.4 Å². The number of halogens is 2. The molecule has 0 spiro atoms. The highest BCUT2D eigenvalue weighted by Crippen LogP contribution is 1.44. The average molecular weight is 150 g/mol. The molecule has 6 heteroatoms. The predicted octanol–water partition coefficient (Wildman–Crippen LogP) is 0.788. The fourth-order valence-electron chi connectivity index (χ4n) is 0. The van der Waals surface area contributed by atoms with Crippen LogP contribution in [0.25, 0.3) is 0 Å². The first-order valence-corrected chi connectivity index (χ1v) is 2.10. The molecule has 2 N–H and O–H groups in total. The fraction of sp³-hybridized carbons (Fsp3) is 0. The van der Waals surface area contributed by atoms with Crippen LogP contribution in [0.4, 0.5) is 9.41 Å². The maximum atomic E-state index is 8.67. The molecule has 0 aromatic heterocycles. The summed E-state index contributed by atoms with van der Waals surface area (Å²) in [5, 5.41) is 0. The van der Waals surface area contributed by atoms with Crippen molar-refractivity contribution in [1.82, 2.24) is 0 Å². The van der Waals surface area contributed by atoms with Gasteiger partial charge in [-0.2, -0.15) is 4.21 Å². The summed E-state index contributed by atoms with van der Waals surface area (Å²) in [5.74, 6) is 0. The molecule has 0 heterocycles. The van der Waals surface area contributed by atoms with Crippen LogP contribution in [0, 0.1) is 0 Å². The second-order valence-corrected chi connectivity index (χ2v) is 0.692. The minimum atomic E-state index is -2.61. The molecule has 54 valence electrons. The van der Waals surface area contributed by atoms with Crippen molar-refractivity contribution in [3.63, 3.8) is 0 Å². The molecule has 0 aromatic carbocycles. The van der Waals surface area contributed by atoms with Crippen LogP contribution in [0.3, 0.4) is 0 Å². The second-order valence-electron chi connectivity index (χ2n) is 0.231. The topological polar surface area (TPSA) is 57.5 Å². The smallest absolute Gasteiger partial charge is 0.284 e. The Morgan fingerprint density at radius 1 is 1.12 bits per heavy atom. The lowest BCUT2D eigenvalue weighted by atomic mass is 11.3. The van der Waals surface area contributed by atoms with E-state index in [2.05, 4.69) is 13.2 Å². The normalized spacial score (nSPS) is 4.88. The van der Waals surface area contributed by atoms with E-state index in [4.69, 9.17) is 13.3 Å². The van der Waals surface area contributed by atoms with E-state index < -0.39 is 11.4 Å². The molecular weight excluding hydrogens is 142 g/mol. The van der Waals surface area contributed by atoms with Gasteiger partial charge in [-0.1, -0.05) is 0 Å². The highest BCUT2D eigenvalue weighted by atomic mass is 32.2. The van der Waals surface area contributed by atoms with Gasteiger partial charge in [0.1, 0.15) is 0 Å². The molecule has 0 rings (SSSR count). The average Bonchev–Trinajstić information content (AvgIpc) is 1.41. The van der Waals surface area contributed by atoms with Crippen molar-refractivity contribution in [2.75, 3.05) is 0 Å². The van der Waals surface area contributed by atoms with Crippen LogP contribution in [0.15, 0.2) is 13.2 Å². The van der Waals surface area contributed by atoms with Crippen molar-refractivity contribution < 1.29 is 22.7 Å². The van der Waals surface area contributed by atoms with Gasteiger partial charge in [-0.25, -0.2) is 0 Å². The Morgan fingerprint density at radius 2 is 1.12 bits per heavy atom. The van der Waals surface area contributed by atoms with Crippen LogP contribution >= 0.6 is 0 Å². The third kappa shape index (κ3) is 1140. The maximum Gasteiger partial charge on any atom is 0.299 e. The summed E-state index contributed by atoms with van der Waals surface area (Å²) >= 11 is -2.61. The standard InChI is InChI=1S/C2H4.2FH.H2O3S/c1-2;;;1-4(2)3/h1-2H2;2*1H;(H2,1,2,3). The third-order valence-electron chi connectivity index (χ3n) is 0. The van der Waals surface area contributed by atoms with E-state index in [-0.39, 0.29) is 9.41 Å². The van der Waals surface area contributed by atoms with E-state index in [1.807, 2.05) is 0 Å². The Kier molecular flexibility index (Phi) is 95.3. The lowest BCUT2D eigenvalue weighted by Crippen LogP contribution is -1.74. The lowest BCUT2D eigenvalue weighted by Gasteiger charge is -1.59. The molecule has 0 bridgehead atoms. The molecule has 8 heavy (non-hydrogen) atoms. The Bertz CT molecular complexity index is 46.5. The van der Waals surface area contributed by atoms with Gasteiger partial charge in [0.2, 0.25) is 0 Å². The molecule has 0 saturated carbocycles. The highest BCUT2D eigenvalue weighted by molar-refractivity contribution is 7.73. The molecule has 0 fully saturated rings. The summed E-state index contributed by atoms with van der Waals surface area (Å²) in [5.41, 5.74) is 0. The minimum Gasteiger partial charge on any atom is -0.284 e. The molecule has 3 nitrogen and oxygen atoms in total. The number of hydrogen-bond donors (Lipinski definition) is 2. The summed E-state index contributed by atoms with van der Waals surface area (Å²) in [6.45, 7) is 6.00. The molecule has 0 aliphatic heterocycles. The number of rotatable bonds is 0. The lowest BCUT2D eigenvalue weighted by molar-refractivity contribution is 0.454. The van der Waals surface area contributed by atoms with Gasteiger partial charge >= 0.3 is 0 Å². The maximum absolute atomic E-state index is 8.67. The SMILES string of the molecule is C=C.F.F.O=S(O)O. The minimum absolute atomic E-state index is 0. The highest BCUT2D eigenvalue weighted by Gasteiger charge is 1.62. The Labute approximate surface area is 48.3 Å². The molecule has 0 aromatic rings. The van der Waals surface area contributed by atoms with Gasteiger partial charge in [0.25, 0.3) is 11.4 Å². The van der Waals surface area contributed by atoms with Gasteiger partial charge in [-0.3, -0.25) is 18.5 Å². The van der Waals surface area contributed by atoms with Gasteiger partial charge in [0.15, 0.2) is 0 Å². The van der Waals surface area contributed by atoms with Crippen LogP contribution in [0.5, 0.6) is 0 Å². The first kappa shape index (κ1) is 25.3. The van der Waals surface area contributed by atoms with E-state index >= 15 is 0 Å². The zero-order valence-electron chi connectivity index (χ0n) is 3.94. The Balaban J connectivity index is -0.0000000183.